The molecule has 0 radical (unpaired) electrons. The van der Waals surface area contributed by atoms with Crippen molar-refractivity contribution in [1.29, 1.82) is 0 Å². The number of aromatic nitrogens is 1. The van der Waals surface area contributed by atoms with Crippen LogP contribution in [0.3, 0.4) is 0 Å². The summed E-state index contributed by atoms with van der Waals surface area (Å²) in [6, 6.07) is 5.87. The molecule has 2 rings (SSSR count). The number of thioether (sulfide) groups is 1. The number of anilines is 1. The van der Waals surface area contributed by atoms with Crippen LogP contribution in [0.5, 0.6) is 0 Å². The molecule has 84 valence electrons. The second-order valence-electron chi connectivity index (χ2n) is 3.18. The van der Waals surface area contributed by atoms with Crippen molar-refractivity contribution in [2.24, 2.45) is 0 Å². The molecule has 0 saturated carbocycles. The second kappa shape index (κ2) is 5.57. The van der Waals surface area contributed by atoms with E-state index in [-0.39, 0.29) is 0 Å². The van der Waals surface area contributed by atoms with Gasteiger partial charge in [-0.2, -0.15) is 0 Å². The van der Waals surface area contributed by atoms with Crippen molar-refractivity contribution < 1.29 is 0 Å². The molecule has 0 bridgehead atoms. The number of nitrogens with zero attached hydrogens (tertiary/aromatic N) is 1. The lowest BCUT2D eigenvalue weighted by atomic mass is 10.3. The first-order valence-corrected chi connectivity index (χ1v) is 7.28. The molecule has 0 aliphatic heterocycles. The molecule has 16 heavy (non-hydrogen) atoms. The van der Waals surface area contributed by atoms with Crippen molar-refractivity contribution >= 4 is 40.4 Å². The molecule has 0 spiro atoms. The molecular weight excluding hydrogens is 260 g/mol. The summed E-state index contributed by atoms with van der Waals surface area (Å²) in [5.74, 6) is 0. The number of rotatable bonds is 4. The number of thiazole rings is 1. The molecular formula is C11H11ClN2S2. The zero-order valence-electron chi connectivity index (χ0n) is 8.74. The minimum Gasteiger partial charge on any atom is -0.378 e. The Morgan fingerprint density at radius 2 is 2.38 bits per heavy atom. The van der Waals surface area contributed by atoms with Crippen molar-refractivity contribution in [2.75, 3.05) is 11.6 Å². The summed E-state index contributed by atoms with van der Waals surface area (Å²) in [7, 11) is 0. The molecule has 0 aliphatic rings. The van der Waals surface area contributed by atoms with E-state index in [4.69, 9.17) is 11.6 Å². The third kappa shape index (κ3) is 2.90. The molecule has 2 aromatic rings. The Morgan fingerprint density at radius 3 is 3.06 bits per heavy atom. The maximum Gasteiger partial charge on any atom is 0.0795 e. The van der Waals surface area contributed by atoms with Crippen LogP contribution in [0.4, 0.5) is 5.69 Å². The van der Waals surface area contributed by atoms with E-state index < -0.39 is 0 Å². The van der Waals surface area contributed by atoms with Crippen molar-refractivity contribution in [3.63, 3.8) is 0 Å². The Bertz CT molecular complexity index is 457. The highest BCUT2D eigenvalue weighted by Crippen LogP contribution is 2.28. The molecule has 5 heteroatoms. The molecule has 0 aliphatic carbocycles. The Labute approximate surface area is 108 Å². The molecule has 0 fully saturated rings. The van der Waals surface area contributed by atoms with Gasteiger partial charge in [0.15, 0.2) is 0 Å². The van der Waals surface area contributed by atoms with Crippen LogP contribution in [0.25, 0.3) is 0 Å². The number of hydrogen-bond donors (Lipinski definition) is 1. The van der Waals surface area contributed by atoms with Gasteiger partial charge in [0.2, 0.25) is 0 Å². The second-order valence-corrected chi connectivity index (χ2v) is 5.18. The van der Waals surface area contributed by atoms with E-state index in [0.29, 0.717) is 0 Å². The maximum atomic E-state index is 5.97. The van der Waals surface area contributed by atoms with Gasteiger partial charge in [0, 0.05) is 21.0 Å². The SMILES string of the molecule is CSc1ccc(Cl)cc1NCc1cscn1. The van der Waals surface area contributed by atoms with Gasteiger partial charge >= 0.3 is 0 Å². The summed E-state index contributed by atoms with van der Waals surface area (Å²) in [6.45, 7) is 0.734. The fourth-order valence-electron chi connectivity index (χ4n) is 1.33. The normalized spacial score (nSPS) is 10.4. The van der Waals surface area contributed by atoms with Gasteiger partial charge in [0.1, 0.15) is 0 Å². The van der Waals surface area contributed by atoms with Crippen LogP contribution in [-0.2, 0) is 6.54 Å². The Morgan fingerprint density at radius 1 is 1.50 bits per heavy atom. The van der Waals surface area contributed by atoms with Crippen molar-refractivity contribution in [3.8, 4) is 0 Å². The lowest BCUT2D eigenvalue weighted by Crippen LogP contribution is -2.00. The number of nitrogens with one attached hydrogen (secondary N) is 1. The number of benzene rings is 1. The molecule has 1 aromatic heterocycles. The standard InChI is InChI=1S/C11H11ClN2S2/c1-15-11-3-2-8(12)4-10(11)13-5-9-6-16-7-14-9/h2-4,6-7,13H,5H2,1H3. The third-order valence-corrected chi connectivity index (χ3v) is 3.77. The van der Waals surface area contributed by atoms with Crippen LogP contribution in [0.15, 0.2) is 34.0 Å². The summed E-state index contributed by atoms with van der Waals surface area (Å²) in [6.07, 6.45) is 2.05. The summed E-state index contributed by atoms with van der Waals surface area (Å²) < 4.78 is 0. The van der Waals surface area contributed by atoms with Crippen LogP contribution in [0, 0.1) is 0 Å². The largest absolute Gasteiger partial charge is 0.378 e. The van der Waals surface area contributed by atoms with Gasteiger partial charge in [-0.25, -0.2) is 4.98 Å². The fraction of sp³-hybridized carbons (Fsp3) is 0.182. The minimum absolute atomic E-state index is 0.734. The topological polar surface area (TPSA) is 24.9 Å². The molecule has 1 heterocycles. The summed E-state index contributed by atoms with van der Waals surface area (Å²) in [5.41, 5.74) is 3.95. The molecule has 0 atom stereocenters. The van der Waals surface area contributed by atoms with E-state index >= 15 is 0 Å². The smallest absolute Gasteiger partial charge is 0.0795 e. The highest BCUT2D eigenvalue weighted by molar-refractivity contribution is 7.98. The lowest BCUT2D eigenvalue weighted by molar-refractivity contribution is 1.06. The Hall–Kier alpha value is -0.710. The monoisotopic (exact) mass is 270 g/mol. The highest BCUT2D eigenvalue weighted by atomic mass is 35.5. The van der Waals surface area contributed by atoms with E-state index in [1.807, 2.05) is 29.1 Å². The van der Waals surface area contributed by atoms with Crippen LogP contribution < -0.4 is 5.32 Å². The van der Waals surface area contributed by atoms with Crippen LogP contribution in [0.1, 0.15) is 5.69 Å². The summed E-state index contributed by atoms with van der Waals surface area (Å²) >= 11 is 9.28. The molecule has 0 saturated heterocycles. The minimum atomic E-state index is 0.734. The Kier molecular flexibility index (Phi) is 4.09. The molecule has 0 unspecified atom stereocenters. The van der Waals surface area contributed by atoms with Crippen LogP contribution in [0.2, 0.25) is 5.02 Å². The van der Waals surface area contributed by atoms with Gasteiger partial charge in [0.05, 0.1) is 17.7 Å². The number of hydrogen-bond acceptors (Lipinski definition) is 4. The van der Waals surface area contributed by atoms with Crippen LogP contribution >= 0.6 is 34.7 Å². The van der Waals surface area contributed by atoms with Crippen molar-refractivity contribution in [3.05, 3.63) is 39.8 Å². The van der Waals surface area contributed by atoms with Gasteiger partial charge in [0.25, 0.3) is 0 Å². The van der Waals surface area contributed by atoms with Gasteiger partial charge in [-0.1, -0.05) is 11.6 Å². The van der Waals surface area contributed by atoms with E-state index in [1.54, 1.807) is 23.1 Å². The van der Waals surface area contributed by atoms with E-state index in [1.165, 1.54) is 4.90 Å². The average Bonchev–Trinajstić information content (AvgIpc) is 2.79. The van der Waals surface area contributed by atoms with Gasteiger partial charge < -0.3 is 5.32 Å². The Balaban J connectivity index is 2.11. The fourth-order valence-corrected chi connectivity index (χ4v) is 2.61. The highest BCUT2D eigenvalue weighted by Gasteiger charge is 2.02. The molecule has 1 aromatic carbocycles. The van der Waals surface area contributed by atoms with E-state index in [2.05, 4.69) is 16.6 Å². The first-order chi connectivity index (χ1) is 7.79. The zero-order valence-corrected chi connectivity index (χ0v) is 11.1. The molecule has 2 nitrogen and oxygen atoms in total. The zero-order chi connectivity index (χ0) is 11.4. The summed E-state index contributed by atoms with van der Waals surface area (Å²) in [5, 5.41) is 6.13. The van der Waals surface area contributed by atoms with Crippen LogP contribution in [-0.4, -0.2) is 11.2 Å². The van der Waals surface area contributed by atoms with E-state index in [0.717, 1.165) is 22.9 Å². The first kappa shape index (κ1) is 11.8. The van der Waals surface area contributed by atoms with E-state index in [9.17, 15) is 0 Å². The first-order valence-electron chi connectivity index (χ1n) is 4.74. The van der Waals surface area contributed by atoms with Crippen molar-refractivity contribution in [1.82, 2.24) is 4.98 Å². The predicted molar refractivity (Wildman–Crippen MR) is 72.7 cm³/mol. The third-order valence-electron chi connectivity index (χ3n) is 2.10. The van der Waals surface area contributed by atoms with Gasteiger partial charge in [-0.15, -0.1) is 23.1 Å². The summed E-state index contributed by atoms with van der Waals surface area (Å²) in [4.78, 5) is 5.42. The maximum absolute atomic E-state index is 5.97. The van der Waals surface area contributed by atoms with Gasteiger partial charge in [-0.05, 0) is 24.5 Å². The number of halogens is 1. The lowest BCUT2D eigenvalue weighted by Gasteiger charge is -2.09. The predicted octanol–water partition coefficient (Wildman–Crippen LogP) is 4.13. The average molecular weight is 271 g/mol. The molecule has 0 amide bonds. The van der Waals surface area contributed by atoms with Crippen molar-refractivity contribution in [2.45, 2.75) is 11.4 Å². The van der Waals surface area contributed by atoms with Gasteiger partial charge in [-0.3, -0.25) is 0 Å². The molecule has 1 N–H and O–H groups in total. The quantitative estimate of drug-likeness (QED) is 0.846.